The Bertz CT molecular complexity index is 163. The second kappa shape index (κ2) is 5.63. The van der Waals surface area contributed by atoms with E-state index in [4.69, 9.17) is 0 Å². The molecule has 2 nitrogen and oxygen atoms in total. The number of hydrogen-bond acceptors (Lipinski definition) is 1. The second-order valence-corrected chi connectivity index (χ2v) is 5.39. The van der Waals surface area contributed by atoms with E-state index in [-0.39, 0.29) is 11.3 Å². The van der Waals surface area contributed by atoms with Crippen LogP contribution in [0, 0.1) is 5.41 Å². The summed E-state index contributed by atoms with van der Waals surface area (Å²) in [7, 11) is 1.87. The number of carbonyl (C=O) groups is 1. The summed E-state index contributed by atoms with van der Waals surface area (Å²) in [4.78, 5) is 13.4. The van der Waals surface area contributed by atoms with Gasteiger partial charge in [0.2, 0.25) is 5.91 Å². The molecule has 1 amide bonds. The van der Waals surface area contributed by atoms with Gasteiger partial charge in [-0.25, -0.2) is 0 Å². The fourth-order valence-electron chi connectivity index (χ4n) is 1.01. The molecule has 0 aromatic carbocycles. The van der Waals surface area contributed by atoms with Gasteiger partial charge in [-0.1, -0.05) is 36.7 Å². The molecule has 0 aromatic heterocycles. The summed E-state index contributed by atoms with van der Waals surface area (Å²) in [6, 6.07) is 0. The normalized spacial score (nSPS) is 11.5. The maximum absolute atomic E-state index is 11.6. The first-order valence-electron chi connectivity index (χ1n) is 4.67. The number of hydrogen-bond donors (Lipinski definition) is 0. The summed E-state index contributed by atoms with van der Waals surface area (Å²) in [6.45, 7) is 7.11. The quantitative estimate of drug-likeness (QED) is 0.702. The number of carbonyl (C=O) groups excluding carboxylic acids is 1. The molecule has 0 atom stereocenters. The van der Waals surface area contributed by atoms with Crippen molar-refractivity contribution in [3.05, 3.63) is 0 Å². The van der Waals surface area contributed by atoms with Crippen LogP contribution in [-0.4, -0.2) is 29.7 Å². The van der Waals surface area contributed by atoms with Crippen molar-refractivity contribution in [2.45, 2.75) is 33.6 Å². The number of halogens is 1. The van der Waals surface area contributed by atoms with Crippen molar-refractivity contribution in [3.8, 4) is 0 Å². The third kappa shape index (κ3) is 7.05. The Morgan fingerprint density at radius 2 is 1.92 bits per heavy atom. The third-order valence-corrected chi connectivity index (χ3v) is 2.30. The lowest BCUT2D eigenvalue weighted by Crippen LogP contribution is -2.31. The molecular formula is C10H20BrNO. The first-order chi connectivity index (χ1) is 5.87. The van der Waals surface area contributed by atoms with E-state index in [0.717, 1.165) is 18.3 Å². The summed E-state index contributed by atoms with van der Waals surface area (Å²) in [5.41, 5.74) is 0.0970. The highest BCUT2D eigenvalue weighted by Crippen LogP contribution is 2.19. The lowest BCUT2D eigenvalue weighted by atomic mass is 9.92. The smallest absolute Gasteiger partial charge is 0.222 e. The molecule has 13 heavy (non-hydrogen) atoms. The molecule has 0 saturated carbocycles. The minimum absolute atomic E-state index is 0.0970. The lowest BCUT2D eigenvalue weighted by molar-refractivity contribution is -0.131. The Morgan fingerprint density at radius 3 is 2.31 bits per heavy atom. The summed E-state index contributed by atoms with van der Waals surface area (Å²) in [5, 5.41) is 0.958. The molecule has 0 aliphatic rings. The SMILES string of the molecule is CN(CCCBr)C(=O)CC(C)(C)C. The van der Waals surface area contributed by atoms with Gasteiger partial charge in [0, 0.05) is 25.3 Å². The molecule has 0 spiro atoms. The van der Waals surface area contributed by atoms with E-state index in [1.165, 1.54) is 0 Å². The maximum Gasteiger partial charge on any atom is 0.222 e. The highest BCUT2D eigenvalue weighted by atomic mass is 79.9. The van der Waals surface area contributed by atoms with Crippen LogP contribution in [0.4, 0.5) is 0 Å². The van der Waals surface area contributed by atoms with Crippen molar-refractivity contribution in [2.24, 2.45) is 5.41 Å². The first-order valence-corrected chi connectivity index (χ1v) is 5.79. The molecule has 0 unspecified atom stereocenters. The predicted octanol–water partition coefficient (Wildman–Crippen LogP) is 2.67. The Balaban J connectivity index is 3.83. The zero-order chi connectivity index (χ0) is 10.5. The standard InChI is InChI=1S/C10H20BrNO/c1-10(2,3)8-9(13)12(4)7-5-6-11/h5-8H2,1-4H3. The van der Waals surface area contributed by atoms with Gasteiger partial charge < -0.3 is 4.90 Å². The van der Waals surface area contributed by atoms with Crippen LogP contribution in [0.1, 0.15) is 33.6 Å². The monoisotopic (exact) mass is 249 g/mol. The molecule has 0 fully saturated rings. The van der Waals surface area contributed by atoms with Gasteiger partial charge in [-0.15, -0.1) is 0 Å². The topological polar surface area (TPSA) is 20.3 Å². The van der Waals surface area contributed by atoms with Crippen molar-refractivity contribution in [1.82, 2.24) is 4.90 Å². The number of alkyl halides is 1. The summed E-state index contributed by atoms with van der Waals surface area (Å²) in [6.07, 6.45) is 1.65. The number of amides is 1. The molecule has 0 aliphatic carbocycles. The van der Waals surface area contributed by atoms with E-state index >= 15 is 0 Å². The molecule has 78 valence electrons. The maximum atomic E-state index is 11.6. The van der Waals surface area contributed by atoms with Crippen LogP contribution in [0.15, 0.2) is 0 Å². The fourth-order valence-corrected chi connectivity index (χ4v) is 1.26. The molecule has 0 bridgehead atoms. The molecule has 0 saturated heterocycles. The van der Waals surface area contributed by atoms with E-state index < -0.39 is 0 Å². The molecular weight excluding hydrogens is 230 g/mol. The average molecular weight is 250 g/mol. The molecule has 0 N–H and O–H groups in total. The van der Waals surface area contributed by atoms with E-state index in [1.807, 2.05) is 11.9 Å². The van der Waals surface area contributed by atoms with Crippen molar-refractivity contribution < 1.29 is 4.79 Å². The van der Waals surface area contributed by atoms with Crippen molar-refractivity contribution in [2.75, 3.05) is 18.9 Å². The van der Waals surface area contributed by atoms with Gasteiger partial charge in [0.15, 0.2) is 0 Å². The van der Waals surface area contributed by atoms with Gasteiger partial charge in [-0.3, -0.25) is 4.79 Å². The Hall–Kier alpha value is -0.0500. The van der Waals surface area contributed by atoms with E-state index in [0.29, 0.717) is 6.42 Å². The van der Waals surface area contributed by atoms with Gasteiger partial charge in [-0.05, 0) is 11.8 Å². The Kier molecular flexibility index (Phi) is 5.61. The Labute approximate surface area is 89.8 Å². The van der Waals surface area contributed by atoms with Gasteiger partial charge in [0.1, 0.15) is 0 Å². The average Bonchev–Trinajstić information content (AvgIpc) is 1.96. The number of nitrogens with zero attached hydrogens (tertiary/aromatic N) is 1. The van der Waals surface area contributed by atoms with Gasteiger partial charge in [-0.2, -0.15) is 0 Å². The largest absolute Gasteiger partial charge is 0.346 e. The van der Waals surface area contributed by atoms with Gasteiger partial charge >= 0.3 is 0 Å². The van der Waals surface area contributed by atoms with Crippen molar-refractivity contribution >= 4 is 21.8 Å². The zero-order valence-corrected chi connectivity index (χ0v) is 10.6. The number of rotatable bonds is 4. The highest BCUT2D eigenvalue weighted by molar-refractivity contribution is 9.09. The lowest BCUT2D eigenvalue weighted by Gasteiger charge is -2.22. The molecule has 0 aliphatic heterocycles. The Morgan fingerprint density at radius 1 is 1.38 bits per heavy atom. The van der Waals surface area contributed by atoms with Crippen molar-refractivity contribution in [3.63, 3.8) is 0 Å². The minimum atomic E-state index is 0.0970. The minimum Gasteiger partial charge on any atom is -0.346 e. The van der Waals surface area contributed by atoms with Crippen LogP contribution < -0.4 is 0 Å². The zero-order valence-electron chi connectivity index (χ0n) is 9.06. The van der Waals surface area contributed by atoms with Crippen molar-refractivity contribution in [1.29, 1.82) is 0 Å². The summed E-state index contributed by atoms with van der Waals surface area (Å²) >= 11 is 3.35. The highest BCUT2D eigenvalue weighted by Gasteiger charge is 2.18. The van der Waals surface area contributed by atoms with Crippen LogP contribution in [-0.2, 0) is 4.79 Å². The van der Waals surface area contributed by atoms with Gasteiger partial charge in [0.25, 0.3) is 0 Å². The molecule has 3 heteroatoms. The van der Waals surface area contributed by atoms with E-state index in [1.54, 1.807) is 0 Å². The van der Waals surface area contributed by atoms with Crippen LogP contribution >= 0.6 is 15.9 Å². The van der Waals surface area contributed by atoms with Crippen LogP contribution in [0.2, 0.25) is 0 Å². The van der Waals surface area contributed by atoms with E-state index in [9.17, 15) is 4.79 Å². The second-order valence-electron chi connectivity index (χ2n) is 4.60. The molecule has 0 aromatic rings. The van der Waals surface area contributed by atoms with Crippen LogP contribution in [0.25, 0.3) is 0 Å². The fraction of sp³-hybridized carbons (Fsp3) is 0.900. The van der Waals surface area contributed by atoms with E-state index in [2.05, 4.69) is 36.7 Å². The summed E-state index contributed by atoms with van der Waals surface area (Å²) in [5.74, 6) is 0.244. The van der Waals surface area contributed by atoms with Gasteiger partial charge in [0.05, 0.1) is 0 Å². The third-order valence-electron chi connectivity index (χ3n) is 1.73. The molecule has 0 rings (SSSR count). The summed E-state index contributed by atoms with van der Waals surface area (Å²) < 4.78 is 0. The first kappa shape index (κ1) is 12.9. The van der Waals surface area contributed by atoms with Crippen LogP contribution in [0.3, 0.4) is 0 Å². The predicted molar refractivity (Wildman–Crippen MR) is 60.1 cm³/mol. The van der Waals surface area contributed by atoms with Crippen LogP contribution in [0.5, 0.6) is 0 Å². The molecule has 0 heterocycles. The molecule has 0 radical (unpaired) electrons.